The van der Waals surface area contributed by atoms with E-state index < -0.39 is 0 Å². The Morgan fingerprint density at radius 3 is 3.00 bits per heavy atom. The van der Waals surface area contributed by atoms with Crippen LogP contribution in [-0.4, -0.2) is 44.2 Å². The summed E-state index contributed by atoms with van der Waals surface area (Å²) in [4.78, 5) is 13.6. The van der Waals surface area contributed by atoms with Gasteiger partial charge in [0.05, 0.1) is 19.9 Å². The topological polar surface area (TPSA) is 54.7 Å². The Bertz CT molecular complexity index is 371. The molecule has 0 aliphatic carbocycles. The van der Waals surface area contributed by atoms with Gasteiger partial charge in [0.2, 0.25) is 0 Å². The number of carbonyl (C=O) groups is 1. The zero-order chi connectivity index (χ0) is 11.5. The van der Waals surface area contributed by atoms with Crippen LogP contribution < -0.4 is 5.32 Å². The van der Waals surface area contributed by atoms with Crippen LogP contribution in [0.15, 0.2) is 16.7 Å². The zero-order valence-electron chi connectivity index (χ0n) is 9.53. The second-order valence-electron chi connectivity index (χ2n) is 3.98. The number of furan rings is 1. The van der Waals surface area contributed by atoms with E-state index in [0.29, 0.717) is 23.9 Å². The summed E-state index contributed by atoms with van der Waals surface area (Å²) in [6.07, 6.45) is 1.52. The minimum Gasteiger partial charge on any atom is -0.467 e. The van der Waals surface area contributed by atoms with Crippen molar-refractivity contribution < 1.29 is 13.9 Å². The van der Waals surface area contributed by atoms with E-state index in [-0.39, 0.29) is 5.97 Å². The van der Waals surface area contributed by atoms with Gasteiger partial charge < -0.3 is 14.5 Å². The molecule has 0 amide bonds. The summed E-state index contributed by atoms with van der Waals surface area (Å²) < 4.78 is 10.0. The van der Waals surface area contributed by atoms with E-state index in [9.17, 15) is 4.79 Å². The van der Waals surface area contributed by atoms with Crippen molar-refractivity contribution in [3.63, 3.8) is 0 Å². The van der Waals surface area contributed by atoms with E-state index in [1.807, 2.05) is 7.05 Å². The van der Waals surface area contributed by atoms with Gasteiger partial charge in [-0.15, -0.1) is 0 Å². The van der Waals surface area contributed by atoms with Crippen LogP contribution in [0.5, 0.6) is 0 Å². The molecule has 16 heavy (non-hydrogen) atoms. The number of nitrogens with zero attached hydrogens (tertiary/aromatic N) is 1. The van der Waals surface area contributed by atoms with Crippen LogP contribution in [0.4, 0.5) is 0 Å². The SMILES string of the molecule is COC(=O)c1ccoc1CN(C)C1CNC1. The standard InChI is InChI=1S/C11H16N2O3/c1-13(8-5-12-6-8)7-10-9(3-4-16-10)11(14)15-2/h3-4,8,12H,5-7H2,1-2H3. The number of ether oxygens (including phenoxy) is 1. The second-order valence-corrected chi connectivity index (χ2v) is 3.98. The maximum atomic E-state index is 11.4. The molecule has 1 aromatic rings. The Kier molecular flexibility index (Phi) is 3.26. The lowest BCUT2D eigenvalue weighted by Gasteiger charge is -2.35. The number of likely N-dealkylation sites (N-methyl/N-ethyl adjacent to an activating group) is 1. The molecule has 5 nitrogen and oxygen atoms in total. The Labute approximate surface area is 94.4 Å². The summed E-state index contributed by atoms with van der Waals surface area (Å²) >= 11 is 0. The smallest absolute Gasteiger partial charge is 0.341 e. The normalized spacial score (nSPS) is 16.2. The fraction of sp³-hybridized carbons (Fsp3) is 0.545. The summed E-state index contributed by atoms with van der Waals surface area (Å²) in [6, 6.07) is 2.17. The Balaban J connectivity index is 2.03. The molecule has 2 rings (SSSR count). The van der Waals surface area contributed by atoms with E-state index in [1.165, 1.54) is 13.4 Å². The summed E-state index contributed by atoms with van der Waals surface area (Å²) in [5.41, 5.74) is 0.515. The van der Waals surface area contributed by atoms with Gasteiger partial charge in [-0.1, -0.05) is 0 Å². The van der Waals surface area contributed by atoms with Crippen LogP contribution >= 0.6 is 0 Å². The number of nitrogens with one attached hydrogen (secondary N) is 1. The molecule has 0 aromatic carbocycles. The molecule has 0 bridgehead atoms. The highest BCUT2D eigenvalue weighted by molar-refractivity contribution is 5.90. The first kappa shape index (κ1) is 11.2. The summed E-state index contributed by atoms with van der Waals surface area (Å²) in [5.74, 6) is 0.324. The maximum Gasteiger partial charge on any atom is 0.341 e. The number of hydrogen-bond acceptors (Lipinski definition) is 5. The molecule has 0 saturated carbocycles. The van der Waals surface area contributed by atoms with Crippen molar-refractivity contribution in [2.24, 2.45) is 0 Å². The molecule has 1 aliphatic rings. The fourth-order valence-electron chi connectivity index (χ4n) is 1.70. The van der Waals surface area contributed by atoms with Crippen LogP contribution in [0.3, 0.4) is 0 Å². The molecule has 88 valence electrons. The van der Waals surface area contributed by atoms with Gasteiger partial charge in [-0.2, -0.15) is 0 Å². The van der Waals surface area contributed by atoms with Gasteiger partial charge >= 0.3 is 5.97 Å². The quantitative estimate of drug-likeness (QED) is 0.753. The molecule has 1 aliphatic heterocycles. The minimum absolute atomic E-state index is 0.344. The number of methoxy groups -OCH3 is 1. The Morgan fingerprint density at radius 1 is 1.69 bits per heavy atom. The molecular formula is C11H16N2O3. The molecule has 1 fully saturated rings. The lowest BCUT2D eigenvalue weighted by Crippen LogP contribution is -2.55. The number of hydrogen-bond donors (Lipinski definition) is 1. The van der Waals surface area contributed by atoms with E-state index in [1.54, 1.807) is 6.07 Å². The van der Waals surface area contributed by atoms with Gasteiger partial charge in [-0.25, -0.2) is 4.79 Å². The van der Waals surface area contributed by atoms with Crippen molar-refractivity contribution in [2.75, 3.05) is 27.2 Å². The molecule has 5 heteroatoms. The molecule has 0 spiro atoms. The Morgan fingerprint density at radius 2 is 2.44 bits per heavy atom. The summed E-state index contributed by atoms with van der Waals surface area (Å²) in [6.45, 7) is 2.61. The predicted molar refractivity (Wildman–Crippen MR) is 58.2 cm³/mol. The van der Waals surface area contributed by atoms with Gasteiger partial charge in [-0.3, -0.25) is 4.90 Å². The van der Waals surface area contributed by atoms with Gasteiger partial charge in [0, 0.05) is 19.1 Å². The van der Waals surface area contributed by atoms with Crippen LogP contribution in [-0.2, 0) is 11.3 Å². The van der Waals surface area contributed by atoms with Gasteiger partial charge in [0.1, 0.15) is 11.3 Å². The summed E-state index contributed by atoms with van der Waals surface area (Å²) in [5, 5.41) is 3.21. The van der Waals surface area contributed by atoms with Crippen molar-refractivity contribution in [2.45, 2.75) is 12.6 Å². The first-order valence-corrected chi connectivity index (χ1v) is 5.28. The average molecular weight is 224 g/mol. The third-order valence-electron chi connectivity index (χ3n) is 2.93. The number of carbonyl (C=O) groups excluding carboxylic acids is 1. The highest BCUT2D eigenvalue weighted by atomic mass is 16.5. The third kappa shape index (κ3) is 2.10. The first-order valence-electron chi connectivity index (χ1n) is 5.28. The lowest BCUT2D eigenvalue weighted by atomic mass is 10.1. The highest BCUT2D eigenvalue weighted by Crippen LogP contribution is 2.15. The second kappa shape index (κ2) is 4.67. The van der Waals surface area contributed by atoms with Gasteiger partial charge in [0.25, 0.3) is 0 Å². The Hall–Kier alpha value is -1.33. The molecule has 2 heterocycles. The molecule has 0 radical (unpaired) electrons. The molecule has 1 N–H and O–H groups in total. The van der Waals surface area contributed by atoms with Crippen LogP contribution in [0.1, 0.15) is 16.1 Å². The van der Waals surface area contributed by atoms with Crippen molar-refractivity contribution in [1.82, 2.24) is 10.2 Å². The van der Waals surface area contributed by atoms with Crippen molar-refractivity contribution in [3.8, 4) is 0 Å². The highest BCUT2D eigenvalue weighted by Gasteiger charge is 2.24. The van der Waals surface area contributed by atoms with Crippen molar-refractivity contribution in [3.05, 3.63) is 23.7 Å². The van der Waals surface area contributed by atoms with Crippen LogP contribution in [0.2, 0.25) is 0 Å². The third-order valence-corrected chi connectivity index (χ3v) is 2.93. The monoisotopic (exact) mass is 224 g/mol. The largest absolute Gasteiger partial charge is 0.467 e. The van der Waals surface area contributed by atoms with E-state index in [0.717, 1.165) is 13.1 Å². The van der Waals surface area contributed by atoms with E-state index in [4.69, 9.17) is 4.42 Å². The summed E-state index contributed by atoms with van der Waals surface area (Å²) in [7, 11) is 3.40. The lowest BCUT2D eigenvalue weighted by molar-refractivity contribution is 0.0595. The fourth-order valence-corrected chi connectivity index (χ4v) is 1.70. The number of esters is 1. The molecule has 1 saturated heterocycles. The van der Waals surface area contributed by atoms with Crippen LogP contribution in [0, 0.1) is 0 Å². The minimum atomic E-state index is -0.344. The van der Waals surface area contributed by atoms with Gasteiger partial charge in [0.15, 0.2) is 0 Å². The number of rotatable bonds is 4. The molecule has 0 unspecified atom stereocenters. The molecular weight excluding hydrogens is 208 g/mol. The van der Waals surface area contributed by atoms with E-state index >= 15 is 0 Å². The average Bonchev–Trinajstić information content (AvgIpc) is 2.62. The van der Waals surface area contributed by atoms with Crippen molar-refractivity contribution >= 4 is 5.97 Å². The first-order chi connectivity index (χ1) is 7.72. The van der Waals surface area contributed by atoms with Crippen LogP contribution in [0.25, 0.3) is 0 Å². The predicted octanol–water partition coefficient (Wildman–Crippen LogP) is 0.470. The molecule has 1 aromatic heterocycles. The van der Waals surface area contributed by atoms with Gasteiger partial charge in [-0.05, 0) is 13.1 Å². The van der Waals surface area contributed by atoms with E-state index in [2.05, 4.69) is 15.0 Å². The maximum absolute atomic E-state index is 11.4. The zero-order valence-corrected chi connectivity index (χ0v) is 9.53. The molecule has 0 atom stereocenters. The van der Waals surface area contributed by atoms with Crippen molar-refractivity contribution in [1.29, 1.82) is 0 Å².